The third-order valence-corrected chi connectivity index (χ3v) is 5.11. The van der Waals surface area contributed by atoms with E-state index in [0.717, 1.165) is 43.0 Å². The number of para-hydroxylation sites is 1. The molecule has 0 amide bonds. The summed E-state index contributed by atoms with van der Waals surface area (Å²) in [6, 6.07) is 16.6. The molecule has 0 bridgehead atoms. The Balaban J connectivity index is 1.94. The van der Waals surface area contributed by atoms with Crippen LogP contribution in [0.5, 0.6) is 11.5 Å². The van der Waals surface area contributed by atoms with Gasteiger partial charge in [0.1, 0.15) is 17.6 Å². The zero-order valence-electron chi connectivity index (χ0n) is 17.5. The summed E-state index contributed by atoms with van der Waals surface area (Å²) in [7, 11) is 0. The molecule has 0 saturated carbocycles. The number of hydrogen-bond acceptors (Lipinski definition) is 3. The molecule has 0 aliphatic rings. The zero-order valence-corrected chi connectivity index (χ0v) is 17.5. The van der Waals surface area contributed by atoms with E-state index in [2.05, 4.69) is 76.3 Å². The lowest BCUT2D eigenvalue weighted by Crippen LogP contribution is -2.26. The van der Waals surface area contributed by atoms with Crippen molar-refractivity contribution in [1.82, 2.24) is 0 Å². The first-order valence-corrected chi connectivity index (χ1v) is 10.3. The lowest BCUT2D eigenvalue weighted by molar-refractivity contribution is 0.207. The Morgan fingerprint density at radius 2 is 1.52 bits per heavy atom. The van der Waals surface area contributed by atoms with Crippen molar-refractivity contribution in [2.75, 3.05) is 11.9 Å². The molecule has 0 aliphatic heterocycles. The summed E-state index contributed by atoms with van der Waals surface area (Å²) in [5.74, 6) is 2.43. The zero-order chi connectivity index (χ0) is 19.6. The third-order valence-electron chi connectivity index (χ3n) is 5.11. The first-order valence-electron chi connectivity index (χ1n) is 10.3. The molecule has 3 atom stereocenters. The van der Waals surface area contributed by atoms with Gasteiger partial charge in [-0.2, -0.15) is 0 Å². The van der Waals surface area contributed by atoms with E-state index < -0.39 is 0 Å². The predicted molar refractivity (Wildman–Crippen MR) is 115 cm³/mol. The minimum Gasteiger partial charge on any atom is -0.491 e. The molecule has 3 nitrogen and oxygen atoms in total. The maximum atomic E-state index is 6.34. The van der Waals surface area contributed by atoms with E-state index in [0.29, 0.717) is 5.92 Å². The molecule has 3 unspecified atom stereocenters. The van der Waals surface area contributed by atoms with Crippen LogP contribution in [0, 0.1) is 0 Å². The first-order chi connectivity index (χ1) is 13.1. The van der Waals surface area contributed by atoms with Crippen molar-refractivity contribution in [2.45, 2.75) is 72.0 Å². The van der Waals surface area contributed by atoms with Gasteiger partial charge in [-0.05, 0) is 68.0 Å². The number of nitrogens with one attached hydrogen (secondary N) is 1. The highest BCUT2D eigenvalue weighted by Crippen LogP contribution is 2.29. The van der Waals surface area contributed by atoms with Crippen LogP contribution in [0.4, 0.5) is 5.69 Å². The molecule has 2 aromatic carbocycles. The number of anilines is 1. The van der Waals surface area contributed by atoms with Gasteiger partial charge in [-0.3, -0.25) is 0 Å². The third kappa shape index (κ3) is 6.50. The van der Waals surface area contributed by atoms with Gasteiger partial charge >= 0.3 is 0 Å². The van der Waals surface area contributed by atoms with Gasteiger partial charge in [-0.1, -0.05) is 45.9 Å². The number of benzene rings is 2. The second kappa shape index (κ2) is 10.9. The van der Waals surface area contributed by atoms with Gasteiger partial charge in [0, 0.05) is 5.69 Å². The van der Waals surface area contributed by atoms with E-state index in [1.807, 2.05) is 12.1 Å². The van der Waals surface area contributed by atoms with Crippen molar-refractivity contribution in [1.29, 1.82) is 0 Å². The molecule has 3 heteroatoms. The number of ether oxygens (including phenoxy) is 2. The molecule has 148 valence electrons. The molecule has 0 fully saturated rings. The van der Waals surface area contributed by atoms with E-state index in [4.69, 9.17) is 9.47 Å². The van der Waals surface area contributed by atoms with Crippen LogP contribution in [0.15, 0.2) is 48.5 Å². The van der Waals surface area contributed by atoms with Crippen LogP contribution in [0.1, 0.15) is 65.4 Å². The normalized spacial score (nSPS) is 14.3. The molecule has 0 aromatic heterocycles. The molecule has 0 spiro atoms. The van der Waals surface area contributed by atoms with E-state index in [-0.39, 0.29) is 12.2 Å². The number of rotatable bonds is 11. The van der Waals surface area contributed by atoms with Crippen LogP contribution in [0.2, 0.25) is 0 Å². The Hall–Kier alpha value is -2.16. The Kier molecular flexibility index (Phi) is 8.50. The largest absolute Gasteiger partial charge is 0.491 e. The van der Waals surface area contributed by atoms with Gasteiger partial charge in [-0.25, -0.2) is 0 Å². The summed E-state index contributed by atoms with van der Waals surface area (Å²) in [6.07, 6.45) is 3.45. The summed E-state index contributed by atoms with van der Waals surface area (Å²) in [5.41, 5.74) is 2.38. The molecule has 0 heterocycles. The van der Waals surface area contributed by atoms with Crippen LogP contribution in [-0.2, 0) is 0 Å². The molecular weight excluding hydrogens is 334 g/mol. The van der Waals surface area contributed by atoms with E-state index in [9.17, 15) is 0 Å². The van der Waals surface area contributed by atoms with Crippen molar-refractivity contribution < 1.29 is 9.47 Å². The van der Waals surface area contributed by atoms with Crippen LogP contribution in [0.3, 0.4) is 0 Å². The SMILES string of the molecule is CCC(C)Oc1ccc(NCC(CC)Oc2ccccc2C(C)CC)cc1. The standard InChI is InChI=1S/C24H35NO2/c1-6-18(4)23-11-9-10-12-24(23)27-21(8-3)17-25-20-13-15-22(16-14-20)26-19(5)7-2/h9-16,18-19,21,25H,6-8,17H2,1-5H3. The average Bonchev–Trinajstić information content (AvgIpc) is 2.71. The smallest absolute Gasteiger partial charge is 0.123 e. The van der Waals surface area contributed by atoms with Gasteiger partial charge in [-0.15, -0.1) is 0 Å². The van der Waals surface area contributed by atoms with Crippen LogP contribution >= 0.6 is 0 Å². The molecular formula is C24H35NO2. The Labute approximate surface area is 165 Å². The van der Waals surface area contributed by atoms with Gasteiger partial charge in [0.2, 0.25) is 0 Å². The Morgan fingerprint density at radius 3 is 2.15 bits per heavy atom. The summed E-state index contributed by atoms with van der Waals surface area (Å²) in [4.78, 5) is 0. The van der Waals surface area contributed by atoms with Gasteiger partial charge in [0.25, 0.3) is 0 Å². The van der Waals surface area contributed by atoms with Crippen molar-refractivity contribution in [2.24, 2.45) is 0 Å². The molecule has 0 saturated heterocycles. The highest BCUT2D eigenvalue weighted by atomic mass is 16.5. The molecule has 0 aliphatic carbocycles. The van der Waals surface area contributed by atoms with Crippen LogP contribution in [-0.4, -0.2) is 18.8 Å². The predicted octanol–water partition coefficient (Wildman–Crippen LogP) is 6.65. The fourth-order valence-electron chi connectivity index (χ4n) is 2.86. The summed E-state index contributed by atoms with van der Waals surface area (Å²) in [5, 5.41) is 3.49. The minimum atomic E-state index is 0.131. The first kappa shape index (κ1) is 21.1. The van der Waals surface area contributed by atoms with E-state index in [1.165, 1.54) is 5.56 Å². The van der Waals surface area contributed by atoms with Crippen molar-refractivity contribution in [3.63, 3.8) is 0 Å². The lowest BCUT2D eigenvalue weighted by Gasteiger charge is -2.22. The Morgan fingerprint density at radius 1 is 0.815 bits per heavy atom. The second-order valence-corrected chi connectivity index (χ2v) is 7.24. The summed E-state index contributed by atoms with van der Waals surface area (Å²) >= 11 is 0. The highest BCUT2D eigenvalue weighted by molar-refractivity contribution is 5.46. The molecule has 27 heavy (non-hydrogen) atoms. The van der Waals surface area contributed by atoms with Gasteiger partial charge < -0.3 is 14.8 Å². The van der Waals surface area contributed by atoms with Gasteiger partial charge in [0.05, 0.1) is 12.6 Å². The van der Waals surface area contributed by atoms with Crippen molar-refractivity contribution in [3.8, 4) is 11.5 Å². The monoisotopic (exact) mass is 369 g/mol. The molecule has 0 radical (unpaired) electrons. The van der Waals surface area contributed by atoms with Gasteiger partial charge in [0.15, 0.2) is 0 Å². The topological polar surface area (TPSA) is 30.5 Å². The van der Waals surface area contributed by atoms with Crippen LogP contribution in [0.25, 0.3) is 0 Å². The minimum absolute atomic E-state index is 0.131. The van der Waals surface area contributed by atoms with E-state index >= 15 is 0 Å². The highest BCUT2D eigenvalue weighted by Gasteiger charge is 2.14. The van der Waals surface area contributed by atoms with Crippen molar-refractivity contribution >= 4 is 5.69 Å². The fraction of sp³-hybridized carbons (Fsp3) is 0.500. The molecule has 2 rings (SSSR count). The maximum Gasteiger partial charge on any atom is 0.123 e. The van der Waals surface area contributed by atoms with Crippen molar-refractivity contribution in [3.05, 3.63) is 54.1 Å². The average molecular weight is 370 g/mol. The maximum absolute atomic E-state index is 6.34. The Bertz CT molecular complexity index is 668. The second-order valence-electron chi connectivity index (χ2n) is 7.24. The molecule has 1 N–H and O–H groups in total. The lowest BCUT2D eigenvalue weighted by atomic mass is 9.98. The molecule has 2 aromatic rings. The quantitative estimate of drug-likeness (QED) is 0.481. The van der Waals surface area contributed by atoms with E-state index in [1.54, 1.807) is 0 Å². The number of hydrogen-bond donors (Lipinski definition) is 1. The fourth-order valence-corrected chi connectivity index (χ4v) is 2.86. The van der Waals surface area contributed by atoms with Crippen LogP contribution < -0.4 is 14.8 Å². The summed E-state index contributed by atoms with van der Waals surface area (Å²) < 4.78 is 12.2. The summed E-state index contributed by atoms with van der Waals surface area (Å²) in [6.45, 7) is 11.6.